The van der Waals surface area contributed by atoms with Crippen LogP contribution in [0.5, 0.6) is 0 Å². The van der Waals surface area contributed by atoms with Gasteiger partial charge < -0.3 is 5.32 Å². The van der Waals surface area contributed by atoms with Crippen LogP contribution in [-0.4, -0.2) is 19.0 Å². The lowest BCUT2D eigenvalue weighted by molar-refractivity contribution is 0.953. The van der Waals surface area contributed by atoms with Crippen molar-refractivity contribution in [3.05, 3.63) is 42.5 Å². The van der Waals surface area contributed by atoms with E-state index in [4.69, 9.17) is 0 Å². The highest BCUT2D eigenvalue weighted by atomic mass is 15.3. The van der Waals surface area contributed by atoms with Crippen LogP contribution in [0.2, 0.25) is 0 Å². The van der Waals surface area contributed by atoms with Gasteiger partial charge in [0.1, 0.15) is 0 Å². The van der Waals surface area contributed by atoms with Crippen molar-refractivity contribution in [3.63, 3.8) is 0 Å². The molecule has 0 atom stereocenters. The summed E-state index contributed by atoms with van der Waals surface area (Å²) in [6.07, 6.45) is 0. The molecule has 0 radical (unpaired) electrons. The van der Waals surface area contributed by atoms with Gasteiger partial charge in [-0.15, -0.1) is 10.2 Å². The molecule has 17 heavy (non-hydrogen) atoms. The molecule has 0 saturated heterocycles. The zero-order chi connectivity index (χ0) is 11.5. The molecule has 1 N–H and O–H groups in total. The Labute approximate surface area is 99.1 Å². The van der Waals surface area contributed by atoms with Gasteiger partial charge in [-0.1, -0.05) is 36.4 Å². The second-order valence-corrected chi connectivity index (χ2v) is 3.83. The molecule has 0 unspecified atom stereocenters. The third-order valence-corrected chi connectivity index (χ3v) is 2.68. The molecule has 4 heteroatoms. The number of fused-ring (bicyclic) bond motifs is 1. The van der Waals surface area contributed by atoms with E-state index in [0.29, 0.717) is 5.96 Å². The van der Waals surface area contributed by atoms with E-state index < -0.39 is 0 Å². The third kappa shape index (κ3) is 2.01. The summed E-state index contributed by atoms with van der Waals surface area (Å²) < 4.78 is 0. The Bertz CT molecular complexity index is 596. The maximum absolute atomic E-state index is 4.25. The molecule has 1 aliphatic rings. The second kappa shape index (κ2) is 4.33. The quantitative estimate of drug-likeness (QED) is 0.744. The van der Waals surface area contributed by atoms with Gasteiger partial charge in [-0.3, -0.25) is 0 Å². The van der Waals surface area contributed by atoms with Crippen molar-refractivity contribution in [2.75, 3.05) is 13.1 Å². The van der Waals surface area contributed by atoms with Gasteiger partial charge >= 0.3 is 0 Å². The average Bonchev–Trinajstić information content (AvgIpc) is 2.89. The maximum Gasteiger partial charge on any atom is 0.238 e. The molecule has 0 aromatic heterocycles. The summed E-state index contributed by atoms with van der Waals surface area (Å²) in [5, 5.41) is 13.7. The largest absolute Gasteiger partial charge is 0.351 e. The lowest BCUT2D eigenvalue weighted by atomic mass is 10.1. The van der Waals surface area contributed by atoms with E-state index in [-0.39, 0.29) is 0 Å². The topological polar surface area (TPSA) is 49.1 Å². The minimum absolute atomic E-state index is 0.623. The summed E-state index contributed by atoms with van der Waals surface area (Å²) in [6, 6.07) is 14.2. The normalized spacial score (nSPS) is 15.2. The number of hydrogen-bond donors (Lipinski definition) is 1. The van der Waals surface area contributed by atoms with Crippen molar-refractivity contribution < 1.29 is 0 Å². The van der Waals surface area contributed by atoms with Crippen LogP contribution in [0.3, 0.4) is 0 Å². The fourth-order valence-electron chi connectivity index (χ4n) is 1.85. The predicted octanol–water partition coefficient (Wildman–Crippen LogP) is 2.88. The fraction of sp³-hybridized carbons (Fsp3) is 0.154. The lowest BCUT2D eigenvalue weighted by Gasteiger charge is -2.00. The molecular weight excluding hydrogens is 212 g/mol. The van der Waals surface area contributed by atoms with Gasteiger partial charge in [0, 0.05) is 11.9 Å². The zero-order valence-electron chi connectivity index (χ0n) is 9.30. The lowest BCUT2D eigenvalue weighted by Crippen LogP contribution is -2.15. The highest BCUT2D eigenvalue weighted by molar-refractivity contribution is 5.92. The van der Waals surface area contributed by atoms with Crippen molar-refractivity contribution in [1.82, 2.24) is 5.32 Å². The Morgan fingerprint density at radius 1 is 1.00 bits per heavy atom. The fourth-order valence-corrected chi connectivity index (χ4v) is 1.85. The van der Waals surface area contributed by atoms with Crippen molar-refractivity contribution in [2.45, 2.75) is 0 Å². The summed E-state index contributed by atoms with van der Waals surface area (Å²) in [6.45, 7) is 1.63. The van der Waals surface area contributed by atoms with E-state index in [1.807, 2.05) is 30.3 Å². The monoisotopic (exact) mass is 224 g/mol. The minimum atomic E-state index is 0.623. The molecule has 4 nitrogen and oxygen atoms in total. The van der Waals surface area contributed by atoms with Crippen molar-refractivity contribution >= 4 is 22.4 Å². The van der Waals surface area contributed by atoms with Crippen LogP contribution < -0.4 is 5.32 Å². The second-order valence-electron chi connectivity index (χ2n) is 3.83. The van der Waals surface area contributed by atoms with Gasteiger partial charge in [0.15, 0.2) is 0 Å². The molecule has 0 amide bonds. The summed E-state index contributed by atoms with van der Waals surface area (Å²) in [7, 11) is 0. The maximum atomic E-state index is 4.25. The minimum Gasteiger partial charge on any atom is -0.351 e. The van der Waals surface area contributed by atoms with Crippen molar-refractivity contribution in [1.29, 1.82) is 0 Å². The first-order chi connectivity index (χ1) is 8.43. The van der Waals surface area contributed by atoms with E-state index in [1.54, 1.807) is 0 Å². The summed E-state index contributed by atoms with van der Waals surface area (Å²) in [5.41, 5.74) is 0.875. The number of nitrogens with zero attached hydrogens (tertiary/aromatic N) is 3. The van der Waals surface area contributed by atoms with Crippen LogP contribution in [0.25, 0.3) is 10.8 Å². The highest BCUT2D eigenvalue weighted by Crippen LogP contribution is 2.25. The molecular formula is C13H12N4. The first-order valence-corrected chi connectivity index (χ1v) is 5.61. The van der Waals surface area contributed by atoms with Gasteiger partial charge in [0.25, 0.3) is 0 Å². The van der Waals surface area contributed by atoms with E-state index >= 15 is 0 Å². The Hall–Kier alpha value is -2.23. The average molecular weight is 224 g/mol. The van der Waals surface area contributed by atoms with Crippen molar-refractivity contribution in [2.24, 2.45) is 15.2 Å². The smallest absolute Gasteiger partial charge is 0.238 e. The van der Waals surface area contributed by atoms with Gasteiger partial charge in [-0.2, -0.15) is 0 Å². The van der Waals surface area contributed by atoms with E-state index in [9.17, 15) is 0 Å². The Kier molecular flexibility index (Phi) is 2.54. The molecule has 2 aromatic carbocycles. The summed E-state index contributed by atoms with van der Waals surface area (Å²) >= 11 is 0. The molecule has 0 bridgehead atoms. The molecule has 1 heterocycles. The van der Waals surface area contributed by atoms with Crippen LogP contribution in [0, 0.1) is 0 Å². The summed E-state index contributed by atoms with van der Waals surface area (Å²) in [5.74, 6) is 0.623. The van der Waals surface area contributed by atoms with Crippen LogP contribution >= 0.6 is 0 Å². The first kappa shape index (κ1) is 9.96. The summed E-state index contributed by atoms with van der Waals surface area (Å²) in [4.78, 5) is 4.18. The predicted molar refractivity (Wildman–Crippen MR) is 68.8 cm³/mol. The Morgan fingerprint density at radius 2 is 1.88 bits per heavy atom. The van der Waals surface area contributed by atoms with Crippen LogP contribution in [0.1, 0.15) is 0 Å². The number of azo groups is 1. The molecule has 1 aliphatic heterocycles. The Balaban J connectivity index is 2.00. The SMILES string of the molecule is c1ccc2c(N=NC3=NCCN3)cccc2c1. The van der Waals surface area contributed by atoms with Crippen LogP contribution in [0.4, 0.5) is 5.69 Å². The highest BCUT2D eigenvalue weighted by Gasteiger charge is 2.03. The van der Waals surface area contributed by atoms with Crippen LogP contribution in [-0.2, 0) is 0 Å². The van der Waals surface area contributed by atoms with Crippen LogP contribution in [0.15, 0.2) is 57.7 Å². The Morgan fingerprint density at radius 3 is 2.76 bits per heavy atom. The molecule has 3 rings (SSSR count). The molecule has 2 aromatic rings. The van der Waals surface area contributed by atoms with Gasteiger partial charge in [-0.25, -0.2) is 4.99 Å². The molecule has 0 fully saturated rings. The first-order valence-electron chi connectivity index (χ1n) is 5.61. The molecule has 0 saturated carbocycles. The molecule has 84 valence electrons. The number of aliphatic imine (C=N–C) groups is 1. The van der Waals surface area contributed by atoms with Gasteiger partial charge in [0.05, 0.1) is 12.2 Å². The molecule has 0 aliphatic carbocycles. The van der Waals surface area contributed by atoms with Gasteiger partial charge in [-0.05, 0) is 11.5 Å². The standard InChI is InChI=1S/C13H12N4/c1-2-6-11-10(4-1)5-3-7-12(11)16-17-13-14-8-9-15-13/h1-7H,8-9H2,(H,14,15). The van der Waals surface area contributed by atoms with Crippen molar-refractivity contribution in [3.8, 4) is 0 Å². The zero-order valence-corrected chi connectivity index (χ0v) is 9.30. The number of rotatable bonds is 1. The molecule has 0 spiro atoms. The van der Waals surface area contributed by atoms with Gasteiger partial charge in [0.2, 0.25) is 5.96 Å². The number of nitrogens with one attached hydrogen (secondary N) is 1. The van der Waals surface area contributed by atoms with E-state index in [2.05, 4.69) is 32.7 Å². The van der Waals surface area contributed by atoms with E-state index in [1.165, 1.54) is 5.39 Å². The number of benzene rings is 2. The number of guanidine groups is 1. The van der Waals surface area contributed by atoms with E-state index in [0.717, 1.165) is 24.2 Å². The number of hydrogen-bond acceptors (Lipinski definition) is 4. The third-order valence-electron chi connectivity index (χ3n) is 2.68.